The maximum atomic E-state index is 12.1. The third-order valence-corrected chi connectivity index (χ3v) is 4.05. The number of thiazole rings is 1. The van der Waals surface area contributed by atoms with E-state index in [4.69, 9.17) is 0 Å². The van der Waals surface area contributed by atoms with Crippen LogP contribution >= 0.6 is 11.3 Å². The molecule has 1 amide bonds. The standard InChI is InChI=1S/C15H15N5OS/c1-10-3-5-11(6-4-10)7-13-18-12(8-22-13)14(21)19-15-16-9-17-20(15)2/h3-6,8-9H,7H2,1-2H3,(H,16,17,19,21). The summed E-state index contributed by atoms with van der Waals surface area (Å²) < 4.78 is 1.50. The number of rotatable bonds is 4. The first-order chi connectivity index (χ1) is 10.6. The molecule has 0 bridgehead atoms. The van der Waals surface area contributed by atoms with E-state index in [-0.39, 0.29) is 5.91 Å². The van der Waals surface area contributed by atoms with Crippen LogP contribution in [0.2, 0.25) is 0 Å². The van der Waals surface area contributed by atoms with Gasteiger partial charge in [-0.3, -0.25) is 10.1 Å². The second-order valence-corrected chi connectivity index (χ2v) is 5.89. The van der Waals surface area contributed by atoms with Crippen LogP contribution in [0.3, 0.4) is 0 Å². The van der Waals surface area contributed by atoms with Crippen LogP contribution in [0.4, 0.5) is 5.95 Å². The summed E-state index contributed by atoms with van der Waals surface area (Å²) in [6.07, 6.45) is 2.11. The van der Waals surface area contributed by atoms with Crippen molar-refractivity contribution in [2.75, 3.05) is 5.32 Å². The van der Waals surface area contributed by atoms with E-state index in [0.29, 0.717) is 11.6 Å². The maximum absolute atomic E-state index is 12.1. The van der Waals surface area contributed by atoms with Crippen LogP contribution in [0.5, 0.6) is 0 Å². The molecule has 3 aromatic rings. The van der Waals surface area contributed by atoms with Gasteiger partial charge in [0.05, 0.1) is 5.01 Å². The smallest absolute Gasteiger partial charge is 0.277 e. The number of carbonyl (C=O) groups is 1. The number of hydrogen-bond donors (Lipinski definition) is 1. The van der Waals surface area contributed by atoms with Gasteiger partial charge in [0.1, 0.15) is 12.0 Å². The molecule has 0 aliphatic carbocycles. The largest absolute Gasteiger partial charge is 0.289 e. The molecule has 0 aliphatic heterocycles. The highest BCUT2D eigenvalue weighted by molar-refractivity contribution is 7.09. The van der Waals surface area contributed by atoms with Crippen LogP contribution in [0.25, 0.3) is 0 Å². The lowest BCUT2D eigenvalue weighted by Crippen LogP contribution is -2.15. The number of anilines is 1. The summed E-state index contributed by atoms with van der Waals surface area (Å²) in [5, 5.41) is 9.26. The van der Waals surface area contributed by atoms with E-state index >= 15 is 0 Å². The summed E-state index contributed by atoms with van der Waals surface area (Å²) >= 11 is 1.48. The average Bonchev–Trinajstić information content (AvgIpc) is 3.12. The van der Waals surface area contributed by atoms with Crippen LogP contribution < -0.4 is 5.32 Å². The summed E-state index contributed by atoms with van der Waals surface area (Å²) in [4.78, 5) is 20.5. The van der Waals surface area contributed by atoms with E-state index in [0.717, 1.165) is 11.4 Å². The molecule has 0 unspecified atom stereocenters. The SMILES string of the molecule is Cc1ccc(Cc2nc(C(=O)Nc3ncnn3C)cs2)cc1. The summed E-state index contributed by atoms with van der Waals surface area (Å²) in [7, 11) is 1.71. The number of hydrogen-bond acceptors (Lipinski definition) is 5. The van der Waals surface area contributed by atoms with Crippen molar-refractivity contribution in [2.24, 2.45) is 7.05 Å². The van der Waals surface area contributed by atoms with Crippen LogP contribution in [-0.4, -0.2) is 25.7 Å². The maximum Gasteiger partial charge on any atom is 0.277 e. The van der Waals surface area contributed by atoms with E-state index in [1.165, 1.54) is 33.5 Å². The molecule has 0 aliphatic rings. The van der Waals surface area contributed by atoms with Crippen LogP contribution in [0, 0.1) is 6.92 Å². The Hall–Kier alpha value is -2.54. The molecule has 112 valence electrons. The Morgan fingerprint density at radius 1 is 1.32 bits per heavy atom. The van der Waals surface area contributed by atoms with Gasteiger partial charge >= 0.3 is 0 Å². The Kier molecular flexibility index (Phi) is 3.97. The van der Waals surface area contributed by atoms with Gasteiger partial charge in [-0.15, -0.1) is 11.3 Å². The molecular weight excluding hydrogens is 298 g/mol. The first kappa shape index (κ1) is 14.4. The van der Waals surface area contributed by atoms with Crippen LogP contribution in [0.15, 0.2) is 36.0 Å². The second-order valence-electron chi connectivity index (χ2n) is 4.95. The van der Waals surface area contributed by atoms with Gasteiger partial charge in [0, 0.05) is 18.8 Å². The molecular formula is C15H15N5OS. The van der Waals surface area contributed by atoms with Crippen molar-refractivity contribution < 1.29 is 4.79 Å². The van der Waals surface area contributed by atoms with Crippen molar-refractivity contribution in [3.05, 3.63) is 57.8 Å². The summed E-state index contributed by atoms with van der Waals surface area (Å²) in [5.41, 5.74) is 2.81. The topological polar surface area (TPSA) is 72.7 Å². The molecule has 0 spiro atoms. The summed E-state index contributed by atoms with van der Waals surface area (Å²) in [6, 6.07) is 8.31. The molecule has 0 radical (unpaired) electrons. The van der Waals surface area contributed by atoms with Gasteiger partial charge in [-0.05, 0) is 12.5 Å². The number of nitrogens with zero attached hydrogens (tertiary/aromatic N) is 4. The minimum Gasteiger partial charge on any atom is -0.289 e. The van der Waals surface area contributed by atoms with Crippen LogP contribution in [-0.2, 0) is 13.5 Å². The van der Waals surface area contributed by atoms with Gasteiger partial charge in [-0.1, -0.05) is 29.8 Å². The van der Waals surface area contributed by atoms with Crippen molar-refractivity contribution in [2.45, 2.75) is 13.3 Å². The Labute approximate surface area is 131 Å². The third kappa shape index (κ3) is 3.20. The van der Waals surface area contributed by atoms with Crippen LogP contribution in [0.1, 0.15) is 26.6 Å². The van der Waals surface area contributed by atoms with Crippen molar-refractivity contribution in [1.82, 2.24) is 19.7 Å². The van der Waals surface area contributed by atoms with E-state index < -0.39 is 0 Å². The molecule has 2 aromatic heterocycles. The predicted molar refractivity (Wildman–Crippen MR) is 85.1 cm³/mol. The fourth-order valence-electron chi connectivity index (χ4n) is 1.95. The zero-order chi connectivity index (χ0) is 15.5. The van der Waals surface area contributed by atoms with Gasteiger partial charge in [-0.25, -0.2) is 9.67 Å². The first-order valence-corrected chi connectivity index (χ1v) is 7.65. The van der Waals surface area contributed by atoms with Crippen molar-refractivity contribution in [3.8, 4) is 0 Å². The fourth-order valence-corrected chi connectivity index (χ4v) is 2.76. The van der Waals surface area contributed by atoms with Gasteiger partial charge < -0.3 is 0 Å². The Morgan fingerprint density at radius 2 is 2.09 bits per heavy atom. The van der Waals surface area contributed by atoms with Crippen molar-refractivity contribution in [1.29, 1.82) is 0 Å². The molecule has 7 heteroatoms. The van der Waals surface area contributed by atoms with Gasteiger partial charge in [0.25, 0.3) is 5.91 Å². The highest BCUT2D eigenvalue weighted by atomic mass is 32.1. The Bertz CT molecular complexity index is 790. The minimum absolute atomic E-state index is 0.275. The number of benzene rings is 1. The summed E-state index contributed by atoms with van der Waals surface area (Å²) in [6.45, 7) is 2.06. The number of amides is 1. The fraction of sp³-hybridized carbons (Fsp3) is 0.200. The van der Waals surface area contributed by atoms with Gasteiger partial charge in [0.15, 0.2) is 0 Å². The first-order valence-electron chi connectivity index (χ1n) is 6.77. The lowest BCUT2D eigenvalue weighted by Gasteiger charge is -2.01. The van der Waals surface area contributed by atoms with Crippen molar-refractivity contribution in [3.63, 3.8) is 0 Å². The Balaban J connectivity index is 1.69. The molecule has 1 aromatic carbocycles. The van der Waals surface area contributed by atoms with E-state index in [1.807, 2.05) is 0 Å². The molecule has 0 fully saturated rings. The lowest BCUT2D eigenvalue weighted by atomic mass is 10.1. The zero-order valence-corrected chi connectivity index (χ0v) is 13.1. The Morgan fingerprint density at radius 3 is 2.77 bits per heavy atom. The normalized spacial score (nSPS) is 10.6. The number of nitrogens with one attached hydrogen (secondary N) is 1. The molecule has 0 saturated heterocycles. The monoisotopic (exact) mass is 313 g/mol. The molecule has 3 rings (SSSR count). The number of carbonyl (C=O) groups excluding carboxylic acids is 1. The predicted octanol–water partition coefficient (Wildman–Crippen LogP) is 2.42. The number of aromatic nitrogens is 4. The molecule has 0 saturated carbocycles. The van der Waals surface area contributed by atoms with E-state index in [1.54, 1.807) is 12.4 Å². The van der Waals surface area contributed by atoms with Gasteiger partial charge in [-0.2, -0.15) is 10.1 Å². The minimum atomic E-state index is -0.275. The summed E-state index contributed by atoms with van der Waals surface area (Å²) in [5.74, 6) is 0.126. The van der Waals surface area contributed by atoms with Gasteiger partial charge in [0.2, 0.25) is 5.95 Å². The zero-order valence-electron chi connectivity index (χ0n) is 12.3. The second kappa shape index (κ2) is 6.07. The van der Waals surface area contributed by atoms with E-state index in [9.17, 15) is 4.79 Å². The van der Waals surface area contributed by atoms with E-state index in [2.05, 4.69) is 51.6 Å². The molecule has 6 nitrogen and oxygen atoms in total. The highest BCUT2D eigenvalue weighted by Crippen LogP contribution is 2.16. The van der Waals surface area contributed by atoms with Crippen molar-refractivity contribution >= 4 is 23.2 Å². The quantitative estimate of drug-likeness (QED) is 0.803. The highest BCUT2D eigenvalue weighted by Gasteiger charge is 2.13. The molecule has 0 atom stereocenters. The lowest BCUT2D eigenvalue weighted by molar-refractivity contribution is 0.102. The molecule has 22 heavy (non-hydrogen) atoms. The third-order valence-electron chi connectivity index (χ3n) is 3.20. The molecule has 2 heterocycles. The average molecular weight is 313 g/mol. The molecule has 1 N–H and O–H groups in total. The number of aryl methyl sites for hydroxylation is 2.